The lowest BCUT2D eigenvalue weighted by Gasteiger charge is -2.24. The maximum absolute atomic E-state index is 12.7. The van der Waals surface area contributed by atoms with Crippen molar-refractivity contribution in [3.8, 4) is 0 Å². The number of amides is 2. The highest BCUT2D eigenvalue weighted by Crippen LogP contribution is 2.18. The van der Waals surface area contributed by atoms with Gasteiger partial charge in [-0.3, -0.25) is 14.5 Å². The zero-order chi connectivity index (χ0) is 22.2. The number of hydrogen-bond acceptors (Lipinski definition) is 3. The Labute approximate surface area is 184 Å². The molecule has 0 spiro atoms. The Kier molecular flexibility index (Phi) is 7.57. The lowest BCUT2D eigenvalue weighted by molar-refractivity contribution is 0.101. The van der Waals surface area contributed by atoms with E-state index in [2.05, 4.69) is 36.3 Å². The molecule has 3 aromatic rings. The van der Waals surface area contributed by atoms with Crippen LogP contribution in [-0.2, 0) is 6.54 Å². The molecule has 3 rings (SSSR count). The third kappa shape index (κ3) is 6.27. The summed E-state index contributed by atoms with van der Waals surface area (Å²) in [5, 5.41) is 5.76. The molecule has 2 N–H and O–H groups in total. The maximum atomic E-state index is 12.7. The average Bonchev–Trinajstić information content (AvgIpc) is 2.78. The molecule has 0 fully saturated rings. The molecular formula is C26H29N3O2. The maximum Gasteiger partial charge on any atom is 0.255 e. The van der Waals surface area contributed by atoms with Crippen LogP contribution in [0.3, 0.4) is 0 Å². The van der Waals surface area contributed by atoms with Crippen molar-refractivity contribution in [3.63, 3.8) is 0 Å². The van der Waals surface area contributed by atoms with E-state index in [0.717, 1.165) is 13.1 Å². The summed E-state index contributed by atoms with van der Waals surface area (Å²) >= 11 is 0. The van der Waals surface area contributed by atoms with Crippen LogP contribution in [0.15, 0.2) is 78.9 Å². The third-order valence-electron chi connectivity index (χ3n) is 5.15. The van der Waals surface area contributed by atoms with E-state index < -0.39 is 0 Å². The van der Waals surface area contributed by atoms with Crippen LogP contribution >= 0.6 is 0 Å². The van der Waals surface area contributed by atoms with Crippen LogP contribution in [0.5, 0.6) is 0 Å². The van der Waals surface area contributed by atoms with Crippen molar-refractivity contribution in [1.29, 1.82) is 0 Å². The Balaban J connectivity index is 1.63. The molecule has 0 atom stereocenters. The van der Waals surface area contributed by atoms with Gasteiger partial charge in [-0.05, 0) is 68.4 Å². The molecule has 3 aromatic carbocycles. The first-order valence-electron chi connectivity index (χ1n) is 10.6. The van der Waals surface area contributed by atoms with Crippen LogP contribution in [-0.4, -0.2) is 29.3 Å². The first-order valence-corrected chi connectivity index (χ1v) is 10.6. The number of nitrogens with one attached hydrogen (secondary N) is 2. The predicted octanol–water partition coefficient (Wildman–Crippen LogP) is 5.42. The van der Waals surface area contributed by atoms with Crippen LogP contribution in [0.4, 0.5) is 11.4 Å². The van der Waals surface area contributed by atoms with Crippen LogP contribution in [0.1, 0.15) is 47.1 Å². The number of carbonyl (C=O) groups is 2. The molecule has 0 radical (unpaired) electrons. The van der Waals surface area contributed by atoms with Gasteiger partial charge in [0.15, 0.2) is 0 Å². The number of nitrogens with zero attached hydrogens (tertiary/aromatic N) is 1. The number of hydrogen-bond donors (Lipinski definition) is 2. The molecule has 0 heterocycles. The predicted molar refractivity (Wildman–Crippen MR) is 126 cm³/mol. The van der Waals surface area contributed by atoms with Gasteiger partial charge >= 0.3 is 0 Å². The highest BCUT2D eigenvalue weighted by atomic mass is 16.2. The zero-order valence-electron chi connectivity index (χ0n) is 18.3. The van der Waals surface area contributed by atoms with E-state index in [-0.39, 0.29) is 11.8 Å². The van der Waals surface area contributed by atoms with Gasteiger partial charge in [0.1, 0.15) is 0 Å². The van der Waals surface area contributed by atoms with Crippen molar-refractivity contribution in [2.45, 2.75) is 33.4 Å². The summed E-state index contributed by atoms with van der Waals surface area (Å²) in [7, 11) is 0. The SMILES string of the molecule is CCN(Cc1ccc(C(=O)Nc2cccc(NC(=O)c3ccccc3)c2)cc1)C(C)C. The average molecular weight is 416 g/mol. The van der Waals surface area contributed by atoms with Gasteiger partial charge in [0.05, 0.1) is 0 Å². The van der Waals surface area contributed by atoms with E-state index in [1.165, 1.54) is 5.56 Å². The van der Waals surface area contributed by atoms with Crippen molar-refractivity contribution in [1.82, 2.24) is 4.90 Å². The van der Waals surface area contributed by atoms with Crippen LogP contribution in [0.2, 0.25) is 0 Å². The van der Waals surface area contributed by atoms with Gasteiger partial charge < -0.3 is 10.6 Å². The second-order valence-corrected chi connectivity index (χ2v) is 7.71. The quantitative estimate of drug-likeness (QED) is 0.516. The molecule has 5 nitrogen and oxygen atoms in total. The summed E-state index contributed by atoms with van der Waals surface area (Å²) < 4.78 is 0. The molecule has 31 heavy (non-hydrogen) atoms. The lowest BCUT2D eigenvalue weighted by Crippen LogP contribution is -2.29. The first-order chi connectivity index (χ1) is 15.0. The monoisotopic (exact) mass is 415 g/mol. The van der Waals surface area contributed by atoms with Gasteiger partial charge in [-0.2, -0.15) is 0 Å². The summed E-state index contributed by atoms with van der Waals surface area (Å²) in [6.45, 7) is 8.36. The fraction of sp³-hybridized carbons (Fsp3) is 0.231. The smallest absolute Gasteiger partial charge is 0.255 e. The lowest BCUT2D eigenvalue weighted by atomic mass is 10.1. The molecule has 0 aliphatic heterocycles. The van der Waals surface area contributed by atoms with Crippen molar-refractivity contribution in [3.05, 3.63) is 95.6 Å². The van der Waals surface area contributed by atoms with Gasteiger partial charge in [0, 0.05) is 35.1 Å². The molecular weight excluding hydrogens is 386 g/mol. The van der Waals surface area contributed by atoms with Crippen LogP contribution in [0.25, 0.3) is 0 Å². The summed E-state index contributed by atoms with van der Waals surface area (Å²) in [5.41, 5.74) is 3.59. The minimum Gasteiger partial charge on any atom is -0.322 e. The molecule has 160 valence electrons. The Morgan fingerprint density at radius 2 is 1.32 bits per heavy atom. The Hall–Kier alpha value is -3.44. The largest absolute Gasteiger partial charge is 0.322 e. The number of benzene rings is 3. The molecule has 2 amide bonds. The second kappa shape index (κ2) is 10.5. The van der Waals surface area contributed by atoms with E-state index in [4.69, 9.17) is 0 Å². The summed E-state index contributed by atoms with van der Waals surface area (Å²) in [6.07, 6.45) is 0. The van der Waals surface area contributed by atoms with Crippen molar-refractivity contribution < 1.29 is 9.59 Å². The molecule has 0 saturated heterocycles. The molecule has 0 unspecified atom stereocenters. The Morgan fingerprint density at radius 1 is 0.774 bits per heavy atom. The second-order valence-electron chi connectivity index (χ2n) is 7.71. The van der Waals surface area contributed by atoms with Crippen LogP contribution in [0, 0.1) is 0 Å². The summed E-state index contributed by atoms with van der Waals surface area (Å²) in [4.78, 5) is 27.4. The van der Waals surface area contributed by atoms with Gasteiger partial charge in [-0.1, -0.05) is 43.3 Å². The molecule has 0 bridgehead atoms. The van der Waals surface area contributed by atoms with Gasteiger partial charge in [0.25, 0.3) is 11.8 Å². The van der Waals surface area contributed by atoms with Gasteiger partial charge in [-0.15, -0.1) is 0 Å². The molecule has 0 aromatic heterocycles. The van der Waals surface area contributed by atoms with E-state index in [0.29, 0.717) is 28.5 Å². The number of anilines is 2. The molecule has 0 aliphatic carbocycles. The van der Waals surface area contributed by atoms with Crippen LogP contribution < -0.4 is 10.6 Å². The van der Waals surface area contributed by atoms with E-state index in [1.54, 1.807) is 36.4 Å². The normalized spacial score (nSPS) is 10.9. The van der Waals surface area contributed by atoms with Crippen molar-refractivity contribution >= 4 is 23.2 Å². The standard InChI is InChI=1S/C26H29N3O2/c1-4-29(19(2)3)18-20-13-15-22(16-14-20)26(31)28-24-12-8-11-23(17-24)27-25(30)21-9-6-5-7-10-21/h5-17,19H,4,18H2,1-3H3,(H,27,30)(H,28,31). The topological polar surface area (TPSA) is 61.4 Å². The van der Waals surface area contributed by atoms with E-state index in [1.807, 2.05) is 42.5 Å². The van der Waals surface area contributed by atoms with E-state index >= 15 is 0 Å². The summed E-state index contributed by atoms with van der Waals surface area (Å²) in [5.74, 6) is -0.378. The Bertz CT molecular complexity index is 1010. The van der Waals surface area contributed by atoms with Crippen molar-refractivity contribution in [2.24, 2.45) is 0 Å². The highest BCUT2D eigenvalue weighted by Gasteiger charge is 2.11. The highest BCUT2D eigenvalue weighted by molar-refractivity contribution is 6.06. The van der Waals surface area contributed by atoms with Gasteiger partial charge in [-0.25, -0.2) is 0 Å². The molecule has 5 heteroatoms. The fourth-order valence-corrected chi connectivity index (χ4v) is 3.33. The Morgan fingerprint density at radius 3 is 1.84 bits per heavy atom. The minimum absolute atomic E-state index is 0.186. The summed E-state index contributed by atoms with van der Waals surface area (Å²) in [6, 6.07) is 24.3. The van der Waals surface area contributed by atoms with Gasteiger partial charge in [0.2, 0.25) is 0 Å². The number of rotatable bonds is 8. The van der Waals surface area contributed by atoms with E-state index in [9.17, 15) is 9.59 Å². The zero-order valence-corrected chi connectivity index (χ0v) is 18.3. The van der Waals surface area contributed by atoms with Crippen molar-refractivity contribution in [2.75, 3.05) is 17.2 Å². The third-order valence-corrected chi connectivity index (χ3v) is 5.15. The molecule has 0 aliphatic rings. The minimum atomic E-state index is -0.192. The fourth-order valence-electron chi connectivity index (χ4n) is 3.33. The number of carbonyl (C=O) groups excluding carboxylic acids is 2. The first kappa shape index (κ1) is 22.2. The molecule has 0 saturated carbocycles.